The molecule has 0 amide bonds. The molecule has 0 radical (unpaired) electrons. The summed E-state index contributed by atoms with van der Waals surface area (Å²) in [6.45, 7) is 13.8. The lowest BCUT2D eigenvalue weighted by Gasteiger charge is -2.28. The summed E-state index contributed by atoms with van der Waals surface area (Å²) in [5.41, 5.74) is 10.8. The smallest absolute Gasteiger partial charge is 0.139 e. The van der Waals surface area contributed by atoms with Gasteiger partial charge < -0.3 is 13.9 Å². The monoisotopic (exact) mass is 790 g/mol. The number of furan rings is 1. The predicted octanol–water partition coefficient (Wildman–Crippen LogP) is 15.8. The van der Waals surface area contributed by atoms with Crippen LogP contribution in [0.25, 0.3) is 71.0 Å². The van der Waals surface area contributed by atoms with E-state index in [0.717, 1.165) is 60.2 Å². The average molecular weight is 792 g/mol. The Hall–Kier alpha value is -5.84. The van der Waals surface area contributed by atoms with E-state index < -0.39 is 0 Å². The first kappa shape index (κ1) is 34.6. The van der Waals surface area contributed by atoms with Crippen molar-refractivity contribution < 1.29 is 4.42 Å². The fraction of sp³-hybridized carbons (Fsp3) is 0.154. The van der Waals surface area contributed by atoms with Gasteiger partial charge in [0.25, 0.3) is 0 Å². The lowest BCUT2D eigenvalue weighted by atomic mass is 9.85. The fourth-order valence-corrected chi connectivity index (χ4v) is 9.12. The lowest BCUT2D eigenvalue weighted by Crippen LogP contribution is -2.12. The molecule has 0 saturated heterocycles. The van der Waals surface area contributed by atoms with Gasteiger partial charge in [0.05, 0.1) is 32.3 Å². The minimum absolute atomic E-state index is 0.00100. The van der Waals surface area contributed by atoms with Gasteiger partial charge in [-0.15, -0.1) is 0 Å². The maximum Gasteiger partial charge on any atom is 0.139 e. The second-order valence-electron chi connectivity index (χ2n) is 17.2. The third-order valence-electron chi connectivity index (χ3n) is 11.5. The third-order valence-corrected chi connectivity index (χ3v) is 12.3. The number of anilines is 3. The molecule has 3 nitrogen and oxygen atoms in total. The molecule has 4 heteroatoms. The van der Waals surface area contributed by atoms with Crippen LogP contribution in [0.15, 0.2) is 161 Å². The summed E-state index contributed by atoms with van der Waals surface area (Å²) >= 11 is 4.35. The Bertz CT molecular complexity index is 3040. The van der Waals surface area contributed by atoms with Crippen molar-refractivity contribution in [2.75, 3.05) is 4.90 Å². The van der Waals surface area contributed by atoms with E-state index in [1.807, 2.05) is 0 Å². The topological polar surface area (TPSA) is 21.3 Å². The van der Waals surface area contributed by atoms with Crippen LogP contribution in [0.4, 0.5) is 17.1 Å². The Morgan fingerprint density at radius 1 is 0.482 bits per heavy atom. The molecule has 0 aliphatic heterocycles. The number of hydrogen-bond acceptors (Lipinski definition) is 2. The molecule has 0 aliphatic carbocycles. The van der Waals surface area contributed by atoms with Crippen molar-refractivity contribution in [2.45, 2.75) is 52.4 Å². The zero-order chi connectivity index (χ0) is 38.5. The fourth-order valence-electron chi connectivity index (χ4n) is 8.46. The minimum Gasteiger partial charge on any atom is -0.456 e. The molecule has 0 bridgehead atoms. The van der Waals surface area contributed by atoms with Crippen LogP contribution in [0.5, 0.6) is 0 Å². The van der Waals surface area contributed by atoms with Gasteiger partial charge in [0, 0.05) is 33.6 Å². The summed E-state index contributed by atoms with van der Waals surface area (Å²) in [7, 11) is 0. The SMILES string of the molecule is CC(C)(C)c1ccc2c(c1)c1cc(C(C)(C)C)ccc1n2-c1c(Br)c(N(c2ccc3ccccc3c2)c2ccc3ccccc3c2)cc2oc3ccccc3c12. The van der Waals surface area contributed by atoms with Crippen LogP contribution in [0.3, 0.4) is 0 Å². The quantitative estimate of drug-likeness (QED) is 0.177. The van der Waals surface area contributed by atoms with Gasteiger partial charge in [-0.05, 0) is 114 Å². The largest absolute Gasteiger partial charge is 0.456 e. The van der Waals surface area contributed by atoms with E-state index in [-0.39, 0.29) is 10.8 Å². The Morgan fingerprint density at radius 2 is 0.982 bits per heavy atom. The third kappa shape index (κ3) is 5.53. The molecule has 0 aliphatic rings. The standard InChI is InChI=1S/C52H43BrN2O/c1-51(2,3)36-21-25-43-41(29-36)42-30-37(52(4,5)6)22-26-44(42)55(43)50-48-40-17-11-12-18-46(40)56-47(48)31-45(49(50)53)54(38-23-19-32-13-7-9-15-34(32)27-38)39-24-20-33-14-8-10-16-35(33)28-39/h7-31H,1-6H3. The summed E-state index contributed by atoms with van der Waals surface area (Å²) in [5, 5.41) is 9.43. The molecule has 2 heterocycles. The number of para-hydroxylation sites is 1. The van der Waals surface area contributed by atoms with Gasteiger partial charge in [-0.3, -0.25) is 0 Å². The molecule has 56 heavy (non-hydrogen) atoms. The summed E-state index contributed by atoms with van der Waals surface area (Å²) in [4.78, 5) is 2.38. The highest BCUT2D eigenvalue weighted by molar-refractivity contribution is 9.10. The lowest BCUT2D eigenvalue weighted by molar-refractivity contribution is 0.590. The van der Waals surface area contributed by atoms with Gasteiger partial charge in [-0.2, -0.15) is 0 Å². The van der Waals surface area contributed by atoms with E-state index in [1.165, 1.54) is 43.4 Å². The number of rotatable bonds is 4. The van der Waals surface area contributed by atoms with Crippen LogP contribution >= 0.6 is 15.9 Å². The number of fused-ring (bicyclic) bond motifs is 8. The average Bonchev–Trinajstić information content (AvgIpc) is 3.72. The molecule has 0 spiro atoms. The van der Waals surface area contributed by atoms with Gasteiger partial charge in [0.15, 0.2) is 0 Å². The van der Waals surface area contributed by atoms with Crippen LogP contribution in [0.1, 0.15) is 52.7 Å². The second-order valence-corrected chi connectivity index (χ2v) is 18.0. The molecule has 0 saturated carbocycles. The number of halogens is 1. The van der Waals surface area contributed by atoms with E-state index in [9.17, 15) is 0 Å². The molecule has 10 aromatic rings. The predicted molar refractivity (Wildman–Crippen MR) is 243 cm³/mol. The maximum atomic E-state index is 6.84. The highest BCUT2D eigenvalue weighted by Gasteiger charge is 2.28. The van der Waals surface area contributed by atoms with Gasteiger partial charge in [-0.25, -0.2) is 0 Å². The number of aromatic nitrogens is 1. The Labute approximate surface area is 335 Å². The van der Waals surface area contributed by atoms with Crippen molar-refractivity contribution in [1.29, 1.82) is 0 Å². The van der Waals surface area contributed by atoms with Crippen molar-refractivity contribution in [3.05, 3.63) is 167 Å². The van der Waals surface area contributed by atoms with Crippen molar-refractivity contribution >= 4 is 98.3 Å². The maximum absolute atomic E-state index is 6.84. The van der Waals surface area contributed by atoms with Gasteiger partial charge in [-0.1, -0.05) is 133 Å². The molecule has 0 unspecified atom stereocenters. The molecule has 0 N–H and O–H groups in total. The van der Waals surface area contributed by atoms with Crippen LogP contribution in [-0.2, 0) is 10.8 Å². The van der Waals surface area contributed by atoms with Crippen molar-refractivity contribution in [1.82, 2.24) is 4.57 Å². The zero-order valence-electron chi connectivity index (χ0n) is 32.6. The molecular formula is C52H43BrN2O. The van der Waals surface area contributed by atoms with Crippen molar-refractivity contribution in [3.8, 4) is 5.69 Å². The molecule has 274 valence electrons. The van der Waals surface area contributed by atoms with Gasteiger partial charge in [0.1, 0.15) is 11.2 Å². The Balaban J connectivity index is 1.35. The normalized spacial score (nSPS) is 12.6. The molecular weight excluding hydrogens is 748 g/mol. The first-order valence-electron chi connectivity index (χ1n) is 19.5. The van der Waals surface area contributed by atoms with Crippen LogP contribution in [0.2, 0.25) is 0 Å². The van der Waals surface area contributed by atoms with E-state index >= 15 is 0 Å². The molecule has 8 aromatic carbocycles. The zero-order valence-corrected chi connectivity index (χ0v) is 34.2. The number of nitrogens with zero attached hydrogens (tertiary/aromatic N) is 2. The van der Waals surface area contributed by atoms with E-state index in [1.54, 1.807) is 0 Å². The van der Waals surface area contributed by atoms with Crippen LogP contribution in [-0.4, -0.2) is 4.57 Å². The van der Waals surface area contributed by atoms with Gasteiger partial charge >= 0.3 is 0 Å². The molecule has 10 rings (SSSR count). The van der Waals surface area contributed by atoms with Crippen LogP contribution < -0.4 is 4.90 Å². The summed E-state index contributed by atoms with van der Waals surface area (Å²) < 4.78 is 10.3. The second kappa shape index (κ2) is 12.6. The molecule has 2 aromatic heterocycles. The first-order chi connectivity index (χ1) is 26.9. The Kier molecular flexibility index (Phi) is 7.79. The Morgan fingerprint density at radius 3 is 1.52 bits per heavy atom. The summed E-state index contributed by atoms with van der Waals surface area (Å²) in [5.74, 6) is 0. The summed E-state index contributed by atoms with van der Waals surface area (Å²) in [6.07, 6.45) is 0. The van der Waals surface area contributed by atoms with Gasteiger partial charge in [0.2, 0.25) is 0 Å². The van der Waals surface area contributed by atoms with E-state index in [0.29, 0.717) is 0 Å². The first-order valence-corrected chi connectivity index (χ1v) is 20.2. The number of hydrogen-bond donors (Lipinski definition) is 0. The van der Waals surface area contributed by atoms with Crippen molar-refractivity contribution in [2.24, 2.45) is 0 Å². The minimum atomic E-state index is -0.00100. The highest BCUT2D eigenvalue weighted by atomic mass is 79.9. The van der Waals surface area contributed by atoms with E-state index in [2.05, 4.69) is 219 Å². The van der Waals surface area contributed by atoms with Crippen LogP contribution in [0, 0.1) is 0 Å². The summed E-state index contributed by atoms with van der Waals surface area (Å²) in [6, 6.07) is 55.4. The van der Waals surface area contributed by atoms with Crippen molar-refractivity contribution in [3.63, 3.8) is 0 Å². The molecule has 0 atom stereocenters. The number of benzene rings is 8. The highest BCUT2D eigenvalue weighted by Crippen LogP contribution is 2.50. The molecule has 0 fully saturated rings. The van der Waals surface area contributed by atoms with E-state index in [4.69, 9.17) is 4.42 Å².